The number of benzene rings is 1. The Morgan fingerprint density at radius 3 is 2.69 bits per heavy atom. The summed E-state index contributed by atoms with van der Waals surface area (Å²) in [6.07, 6.45) is 3.49. The second kappa shape index (κ2) is 4.56. The number of hydrogen-bond acceptors (Lipinski definition) is 2. The van der Waals surface area contributed by atoms with E-state index in [1.807, 2.05) is 25.1 Å². The van der Waals surface area contributed by atoms with Crippen molar-refractivity contribution in [2.45, 2.75) is 44.8 Å². The van der Waals surface area contributed by atoms with Crippen molar-refractivity contribution in [1.82, 2.24) is 5.32 Å². The van der Waals surface area contributed by atoms with Gasteiger partial charge in [-0.15, -0.1) is 0 Å². The normalized spacial score (nSPS) is 25.1. The molecular formula is C14H21NO. The molecule has 1 aromatic rings. The minimum Gasteiger partial charge on any atom is -0.384 e. The van der Waals surface area contributed by atoms with Crippen LogP contribution >= 0.6 is 0 Å². The Labute approximate surface area is 97.7 Å². The zero-order valence-electron chi connectivity index (χ0n) is 10.2. The Balaban J connectivity index is 2.26. The summed E-state index contributed by atoms with van der Waals surface area (Å²) >= 11 is 0. The molecule has 2 heteroatoms. The molecule has 16 heavy (non-hydrogen) atoms. The van der Waals surface area contributed by atoms with Crippen molar-refractivity contribution < 1.29 is 5.11 Å². The third-order valence-electron chi connectivity index (χ3n) is 3.68. The largest absolute Gasteiger partial charge is 0.384 e. The van der Waals surface area contributed by atoms with Gasteiger partial charge in [0.2, 0.25) is 0 Å². The predicted octanol–water partition coefficient (Wildman–Crippen LogP) is 2.34. The van der Waals surface area contributed by atoms with Crippen LogP contribution in [-0.2, 0) is 5.60 Å². The highest BCUT2D eigenvalue weighted by atomic mass is 16.3. The van der Waals surface area contributed by atoms with E-state index >= 15 is 0 Å². The van der Waals surface area contributed by atoms with Crippen molar-refractivity contribution >= 4 is 0 Å². The van der Waals surface area contributed by atoms with Gasteiger partial charge in [-0.05, 0) is 44.4 Å². The molecule has 0 bridgehead atoms. The van der Waals surface area contributed by atoms with E-state index in [1.54, 1.807) is 0 Å². The maximum Gasteiger partial charge on any atom is 0.102 e. The van der Waals surface area contributed by atoms with Crippen molar-refractivity contribution in [1.29, 1.82) is 0 Å². The van der Waals surface area contributed by atoms with Crippen LogP contribution in [0.3, 0.4) is 0 Å². The van der Waals surface area contributed by atoms with Gasteiger partial charge in [-0.1, -0.05) is 30.7 Å². The molecule has 1 heterocycles. The lowest BCUT2D eigenvalue weighted by molar-refractivity contribution is 0.00514. The number of aliphatic hydroxyl groups is 1. The second-order valence-corrected chi connectivity index (χ2v) is 4.96. The first-order valence-corrected chi connectivity index (χ1v) is 6.14. The van der Waals surface area contributed by atoms with Gasteiger partial charge in [-0.2, -0.15) is 0 Å². The van der Waals surface area contributed by atoms with Gasteiger partial charge in [0.1, 0.15) is 5.60 Å². The first-order chi connectivity index (χ1) is 7.62. The third-order valence-corrected chi connectivity index (χ3v) is 3.68. The minimum atomic E-state index is -0.758. The van der Waals surface area contributed by atoms with Crippen LogP contribution in [0, 0.1) is 6.92 Å². The van der Waals surface area contributed by atoms with Crippen molar-refractivity contribution in [3.63, 3.8) is 0 Å². The van der Waals surface area contributed by atoms with Gasteiger partial charge >= 0.3 is 0 Å². The summed E-state index contributed by atoms with van der Waals surface area (Å²) in [5, 5.41) is 14.2. The fraction of sp³-hybridized carbons (Fsp3) is 0.571. The molecule has 88 valence electrons. The molecule has 1 aliphatic rings. The van der Waals surface area contributed by atoms with E-state index in [0.29, 0.717) is 0 Å². The molecule has 2 rings (SSSR count). The van der Waals surface area contributed by atoms with E-state index in [1.165, 1.54) is 18.4 Å². The fourth-order valence-corrected chi connectivity index (χ4v) is 2.66. The molecule has 2 atom stereocenters. The molecule has 0 saturated carbocycles. The molecular weight excluding hydrogens is 198 g/mol. The SMILES string of the molecule is Cc1ccccc1C(C)(O)C1CCCCN1. The molecule has 0 aromatic heterocycles. The molecule has 0 radical (unpaired) electrons. The zero-order chi connectivity index (χ0) is 11.6. The third kappa shape index (κ3) is 2.13. The fourth-order valence-electron chi connectivity index (χ4n) is 2.66. The van der Waals surface area contributed by atoms with Crippen LogP contribution in [0.25, 0.3) is 0 Å². The molecule has 0 amide bonds. The second-order valence-electron chi connectivity index (χ2n) is 4.96. The highest BCUT2D eigenvalue weighted by Gasteiger charge is 2.35. The summed E-state index contributed by atoms with van der Waals surface area (Å²) in [5.41, 5.74) is 1.46. The van der Waals surface area contributed by atoms with Crippen LogP contribution in [0.5, 0.6) is 0 Å². The van der Waals surface area contributed by atoms with Gasteiger partial charge < -0.3 is 10.4 Å². The first kappa shape index (κ1) is 11.6. The predicted molar refractivity (Wildman–Crippen MR) is 66.4 cm³/mol. The topological polar surface area (TPSA) is 32.3 Å². The molecule has 1 saturated heterocycles. The maximum absolute atomic E-state index is 10.7. The van der Waals surface area contributed by atoms with Gasteiger partial charge in [-0.25, -0.2) is 0 Å². The van der Waals surface area contributed by atoms with Crippen molar-refractivity contribution in [3.05, 3.63) is 35.4 Å². The van der Waals surface area contributed by atoms with Crippen LogP contribution in [0.4, 0.5) is 0 Å². The molecule has 2 unspecified atom stereocenters. The highest BCUT2D eigenvalue weighted by molar-refractivity contribution is 5.32. The Bertz CT molecular complexity index is 354. The minimum absolute atomic E-state index is 0.183. The van der Waals surface area contributed by atoms with E-state index in [4.69, 9.17) is 0 Å². The number of piperidine rings is 1. The van der Waals surface area contributed by atoms with E-state index in [-0.39, 0.29) is 6.04 Å². The smallest absolute Gasteiger partial charge is 0.102 e. The zero-order valence-corrected chi connectivity index (χ0v) is 10.2. The van der Waals surface area contributed by atoms with Gasteiger partial charge in [0.25, 0.3) is 0 Å². The van der Waals surface area contributed by atoms with Gasteiger partial charge in [0.05, 0.1) is 0 Å². The Hall–Kier alpha value is -0.860. The maximum atomic E-state index is 10.7. The number of rotatable bonds is 2. The standard InChI is InChI=1S/C14H21NO/c1-11-7-3-4-8-12(11)14(2,16)13-9-5-6-10-15-13/h3-4,7-8,13,15-16H,5-6,9-10H2,1-2H3. The molecule has 0 aliphatic carbocycles. The lowest BCUT2D eigenvalue weighted by atomic mass is 9.82. The Morgan fingerprint density at radius 1 is 1.31 bits per heavy atom. The number of aryl methyl sites for hydroxylation is 1. The van der Waals surface area contributed by atoms with E-state index in [0.717, 1.165) is 18.5 Å². The quantitative estimate of drug-likeness (QED) is 0.800. The molecule has 1 fully saturated rings. The molecule has 1 aromatic carbocycles. The summed E-state index contributed by atoms with van der Waals surface area (Å²) in [4.78, 5) is 0. The van der Waals surface area contributed by atoms with Crippen molar-refractivity contribution in [3.8, 4) is 0 Å². The lowest BCUT2D eigenvalue weighted by Gasteiger charge is -2.37. The van der Waals surface area contributed by atoms with E-state index < -0.39 is 5.60 Å². The van der Waals surface area contributed by atoms with Crippen LogP contribution in [0.15, 0.2) is 24.3 Å². The number of hydrogen-bond donors (Lipinski definition) is 2. The average molecular weight is 219 g/mol. The van der Waals surface area contributed by atoms with Crippen LogP contribution < -0.4 is 5.32 Å². The van der Waals surface area contributed by atoms with Crippen LogP contribution in [0.1, 0.15) is 37.3 Å². The van der Waals surface area contributed by atoms with Crippen LogP contribution in [0.2, 0.25) is 0 Å². The Morgan fingerprint density at radius 2 is 2.06 bits per heavy atom. The van der Waals surface area contributed by atoms with Crippen molar-refractivity contribution in [2.75, 3.05) is 6.54 Å². The summed E-state index contributed by atoms with van der Waals surface area (Å²) in [5.74, 6) is 0. The lowest BCUT2D eigenvalue weighted by Crippen LogP contribution is -2.49. The van der Waals surface area contributed by atoms with Gasteiger partial charge in [-0.3, -0.25) is 0 Å². The van der Waals surface area contributed by atoms with Gasteiger partial charge in [0, 0.05) is 6.04 Å². The Kier molecular flexibility index (Phi) is 3.31. The molecule has 1 aliphatic heterocycles. The summed E-state index contributed by atoms with van der Waals surface area (Å²) in [6, 6.07) is 8.29. The van der Waals surface area contributed by atoms with Crippen molar-refractivity contribution in [2.24, 2.45) is 0 Å². The molecule has 2 N–H and O–H groups in total. The van der Waals surface area contributed by atoms with E-state index in [2.05, 4.69) is 18.3 Å². The summed E-state index contributed by atoms with van der Waals surface area (Å²) in [7, 11) is 0. The molecule has 2 nitrogen and oxygen atoms in total. The van der Waals surface area contributed by atoms with E-state index in [9.17, 15) is 5.11 Å². The first-order valence-electron chi connectivity index (χ1n) is 6.14. The average Bonchev–Trinajstić information content (AvgIpc) is 2.30. The monoisotopic (exact) mass is 219 g/mol. The summed E-state index contributed by atoms with van der Waals surface area (Å²) < 4.78 is 0. The number of nitrogens with one attached hydrogen (secondary N) is 1. The van der Waals surface area contributed by atoms with Gasteiger partial charge in [0.15, 0.2) is 0 Å². The highest BCUT2D eigenvalue weighted by Crippen LogP contribution is 2.31. The van der Waals surface area contributed by atoms with Crippen LogP contribution in [-0.4, -0.2) is 17.7 Å². The summed E-state index contributed by atoms with van der Waals surface area (Å²) in [6.45, 7) is 5.01. The molecule has 0 spiro atoms.